The summed E-state index contributed by atoms with van der Waals surface area (Å²) in [6.45, 7) is 5.51. The third-order valence-electron chi connectivity index (χ3n) is 4.62. The average Bonchev–Trinajstić information content (AvgIpc) is 3.00. The van der Waals surface area contributed by atoms with Crippen molar-refractivity contribution in [3.63, 3.8) is 0 Å². The number of thiazole rings is 1. The molecular weight excluding hydrogens is 306 g/mol. The lowest BCUT2D eigenvalue weighted by Crippen LogP contribution is -2.51. The molecule has 2 unspecified atom stereocenters. The zero-order valence-corrected chi connectivity index (χ0v) is 14.5. The lowest BCUT2D eigenvalue weighted by molar-refractivity contribution is 0.0532. The number of hydrogen-bond acceptors (Lipinski definition) is 4. The predicted octanol–water partition coefficient (Wildman–Crippen LogP) is 3.32. The van der Waals surface area contributed by atoms with Gasteiger partial charge in [-0.2, -0.15) is 0 Å². The highest BCUT2D eigenvalue weighted by Crippen LogP contribution is 2.26. The van der Waals surface area contributed by atoms with Crippen molar-refractivity contribution < 1.29 is 4.79 Å². The van der Waals surface area contributed by atoms with Crippen molar-refractivity contribution in [1.29, 1.82) is 0 Å². The zero-order valence-electron chi connectivity index (χ0n) is 13.7. The van der Waals surface area contributed by atoms with E-state index in [9.17, 15) is 4.79 Å². The highest BCUT2D eigenvalue weighted by Gasteiger charge is 2.31. The van der Waals surface area contributed by atoms with E-state index >= 15 is 0 Å². The average molecular weight is 329 g/mol. The molecule has 5 heteroatoms. The summed E-state index contributed by atoms with van der Waals surface area (Å²) in [7, 11) is 0. The van der Waals surface area contributed by atoms with Gasteiger partial charge in [0, 0.05) is 41.3 Å². The van der Waals surface area contributed by atoms with Crippen LogP contribution in [-0.2, 0) is 0 Å². The van der Waals surface area contributed by atoms with Gasteiger partial charge in [-0.1, -0.05) is 19.1 Å². The second kappa shape index (κ2) is 6.81. The normalized spacial score (nSPS) is 21.4. The summed E-state index contributed by atoms with van der Waals surface area (Å²) in [6.07, 6.45) is 2.20. The Morgan fingerprint density at radius 1 is 1.39 bits per heavy atom. The fourth-order valence-corrected chi connectivity index (χ4v) is 4.07. The second-order valence-corrected chi connectivity index (χ2v) is 7.15. The third-order valence-corrected chi connectivity index (χ3v) is 5.63. The molecule has 1 aromatic carbocycles. The number of benzene rings is 1. The number of aromatic nitrogens is 1. The van der Waals surface area contributed by atoms with E-state index in [-0.39, 0.29) is 11.9 Å². The molecule has 2 atom stereocenters. The summed E-state index contributed by atoms with van der Waals surface area (Å²) < 4.78 is 0. The van der Waals surface area contributed by atoms with E-state index in [0.29, 0.717) is 12.5 Å². The van der Waals surface area contributed by atoms with Gasteiger partial charge in [-0.15, -0.1) is 11.3 Å². The van der Waals surface area contributed by atoms with Gasteiger partial charge in [0.2, 0.25) is 0 Å². The topological polar surface area (TPSA) is 59.2 Å². The first-order chi connectivity index (χ1) is 11.1. The van der Waals surface area contributed by atoms with Gasteiger partial charge in [-0.05, 0) is 37.8 Å². The Kier molecular flexibility index (Phi) is 4.78. The van der Waals surface area contributed by atoms with E-state index in [2.05, 4.69) is 11.9 Å². The summed E-state index contributed by atoms with van der Waals surface area (Å²) in [5.74, 6) is 0.559. The lowest BCUT2D eigenvalue weighted by atomic mass is 9.90. The number of carbonyl (C=O) groups is 1. The molecule has 0 saturated carbocycles. The minimum absolute atomic E-state index is 0.0915. The Morgan fingerprint density at radius 3 is 2.74 bits per heavy atom. The third kappa shape index (κ3) is 3.31. The van der Waals surface area contributed by atoms with Crippen LogP contribution in [0, 0.1) is 12.8 Å². The SMILES string of the molecule is Cc1csc(-c2ccc(C(=O)N3CCCC(C)C3CN)cc2)n1. The van der Waals surface area contributed by atoms with E-state index in [0.717, 1.165) is 41.2 Å². The smallest absolute Gasteiger partial charge is 0.254 e. The lowest BCUT2D eigenvalue weighted by Gasteiger charge is -2.39. The first-order valence-corrected chi connectivity index (χ1v) is 9.01. The second-order valence-electron chi connectivity index (χ2n) is 6.29. The summed E-state index contributed by atoms with van der Waals surface area (Å²) >= 11 is 1.63. The quantitative estimate of drug-likeness (QED) is 0.940. The van der Waals surface area contributed by atoms with E-state index in [1.807, 2.05) is 41.5 Å². The number of nitrogens with zero attached hydrogens (tertiary/aromatic N) is 2. The maximum absolute atomic E-state index is 12.8. The maximum atomic E-state index is 12.8. The highest BCUT2D eigenvalue weighted by atomic mass is 32.1. The number of piperidine rings is 1. The number of aryl methyl sites for hydroxylation is 1. The molecule has 0 aliphatic carbocycles. The number of hydrogen-bond donors (Lipinski definition) is 1. The molecule has 122 valence electrons. The van der Waals surface area contributed by atoms with Crippen molar-refractivity contribution in [2.75, 3.05) is 13.1 Å². The minimum Gasteiger partial charge on any atom is -0.334 e. The van der Waals surface area contributed by atoms with Crippen LogP contribution in [0.25, 0.3) is 10.6 Å². The number of amides is 1. The Morgan fingerprint density at radius 2 is 2.13 bits per heavy atom. The molecule has 2 aromatic rings. The number of carbonyl (C=O) groups excluding carboxylic acids is 1. The van der Waals surface area contributed by atoms with E-state index in [1.165, 1.54) is 0 Å². The van der Waals surface area contributed by atoms with Crippen LogP contribution in [0.2, 0.25) is 0 Å². The van der Waals surface area contributed by atoms with E-state index < -0.39 is 0 Å². The molecule has 0 bridgehead atoms. The standard InChI is InChI=1S/C18H23N3OS/c1-12-4-3-9-21(16(12)10-19)18(22)15-7-5-14(6-8-15)17-20-13(2)11-23-17/h5-8,11-12,16H,3-4,9-10,19H2,1-2H3. The van der Waals surface area contributed by atoms with Crippen LogP contribution < -0.4 is 5.73 Å². The molecule has 1 saturated heterocycles. The van der Waals surface area contributed by atoms with Crippen LogP contribution in [0.3, 0.4) is 0 Å². The van der Waals surface area contributed by atoms with E-state index in [4.69, 9.17) is 5.73 Å². The molecule has 1 aliphatic rings. The summed E-state index contributed by atoms with van der Waals surface area (Å²) in [4.78, 5) is 19.3. The number of nitrogens with two attached hydrogens (primary N) is 1. The molecule has 1 aromatic heterocycles. The minimum atomic E-state index is 0.0915. The zero-order chi connectivity index (χ0) is 16.4. The summed E-state index contributed by atoms with van der Waals surface area (Å²) in [5, 5.41) is 3.03. The van der Waals surface area contributed by atoms with Gasteiger partial charge in [-0.25, -0.2) is 4.98 Å². The Hall–Kier alpha value is -1.72. The summed E-state index contributed by atoms with van der Waals surface area (Å²) in [5.41, 5.74) is 8.72. The first-order valence-electron chi connectivity index (χ1n) is 8.13. The van der Waals surface area contributed by atoms with Crippen molar-refractivity contribution in [1.82, 2.24) is 9.88 Å². The molecule has 1 aliphatic heterocycles. The predicted molar refractivity (Wildman–Crippen MR) is 94.6 cm³/mol. The van der Waals surface area contributed by atoms with Crippen LogP contribution in [-0.4, -0.2) is 34.9 Å². The first kappa shape index (κ1) is 16.1. The van der Waals surface area contributed by atoms with Crippen LogP contribution in [0.1, 0.15) is 35.8 Å². The molecule has 4 nitrogen and oxygen atoms in total. The van der Waals surface area contributed by atoms with Crippen LogP contribution >= 0.6 is 11.3 Å². The van der Waals surface area contributed by atoms with Gasteiger partial charge in [0.15, 0.2) is 0 Å². The van der Waals surface area contributed by atoms with Crippen molar-refractivity contribution in [3.8, 4) is 10.6 Å². The molecule has 2 heterocycles. The van der Waals surface area contributed by atoms with Crippen LogP contribution in [0.5, 0.6) is 0 Å². The van der Waals surface area contributed by atoms with E-state index in [1.54, 1.807) is 11.3 Å². The van der Waals surface area contributed by atoms with Gasteiger partial charge >= 0.3 is 0 Å². The van der Waals surface area contributed by atoms with Gasteiger partial charge in [-0.3, -0.25) is 4.79 Å². The van der Waals surface area contributed by atoms with Gasteiger partial charge in [0.1, 0.15) is 5.01 Å². The van der Waals surface area contributed by atoms with Gasteiger partial charge < -0.3 is 10.6 Å². The molecule has 2 N–H and O–H groups in total. The molecule has 1 amide bonds. The largest absolute Gasteiger partial charge is 0.334 e. The van der Waals surface area contributed by atoms with Crippen molar-refractivity contribution in [2.45, 2.75) is 32.7 Å². The van der Waals surface area contributed by atoms with Crippen molar-refractivity contribution in [2.24, 2.45) is 11.7 Å². The van der Waals surface area contributed by atoms with Crippen LogP contribution in [0.4, 0.5) is 0 Å². The Balaban J connectivity index is 1.79. The molecule has 0 spiro atoms. The Bertz CT molecular complexity index is 680. The maximum Gasteiger partial charge on any atom is 0.254 e. The number of likely N-dealkylation sites (tertiary alicyclic amines) is 1. The van der Waals surface area contributed by atoms with Crippen LogP contribution in [0.15, 0.2) is 29.6 Å². The number of rotatable bonds is 3. The summed E-state index contributed by atoms with van der Waals surface area (Å²) in [6, 6.07) is 7.92. The fourth-order valence-electron chi connectivity index (χ4n) is 3.27. The van der Waals surface area contributed by atoms with Gasteiger partial charge in [0.05, 0.1) is 0 Å². The molecule has 23 heavy (non-hydrogen) atoms. The van der Waals surface area contributed by atoms with Gasteiger partial charge in [0.25, 0.3) is 5.91 Å². The molecule has 1 fully saturated rings. The fraction of sp³-hybridized carbons (Fsp3) is 0.444. The van der Waals surface area contributed by atoms with Crippen molar-refractivity contribution in [3.05, 3.63) is 40.9 Å². The molecule has 3 rings (SSSR count). The van der Waals surface area contributed by atoms with Crippen molar-refractivity contribution >= 4 is 17.2 Å². The monoisotopic (exact) mass is 329 g/mol. The Labute approximate surface area is 141 Å². The highest BCUT2D eigenvalue weighted by molar-refractivity contribution is 7.13. The molecular formula is C18H23N3OS. The molecule has 0 radical (unpaired) electrons.